The molecule has 3 N–H and O–H groups in total. The van der Waals surface area contributed by atoms with Crippen LogP contribution in [0.2, 0.25) is 0 Å². The number of anilines is 1. The first-order valence-electron chi connectivity index (χ1n) is 7.50. The van der Waals surface area contributed by atoms with E-state index in [1.807, 2.05) is 24.3 Å². The van der Waals surface area contributed by atoms with E-state index < -0.39 is 0 Å². The van der Waals surface area contributed by atoms with E-state index in [2.05, 4.69) is 53.6 Å². The van der Waals surface area contributed by atoms with Crippen molar-refractivity contribution in [3.63, 3.8) is 0 Å². The fourth-order valence-corrected chi connectivity index (χ4v) is 2.23. The van der Waals surface area contributed by atoms with Crippen molar-refractivity contribution in [3.05, 3.63) is 59.7 Å². The van der Waals surface area contributed by atoms with Crippen molar-refractivity contribution in [2.45, 2.75) is 13.1 Å². The Labute approximate surface area is 160 Å². The predicted molar refractivity (Wildman–Crippen MR) is 111 cm³/mol. The molecule has 0 aromatic heterocycles. The zero-order valence-electron chi connectivity index (χ0n) is 14.3. The van der Waals surface area contributed by atoms with E-state index in [9.17, 15) is 0 Å². The van der Waals surface area contributed by atoms with Crippen molar-refractivity contribution in [1.29, 1.82) is 0 Å². The van der Waals surface area contributed by atoms with Gasteiger partial charge in [0.25, 0.3) is 0 Å². The van der Waals surface area contributed by atoms with Gasteiger partial charge in [0.05, 0.1) is 13.7 Å². The zero-order chi connectivity index (χ0) is 16.7. The first-order valence-corrected chi connectivity index (χ1v) is 7.50. The van der Waals surface area contributed by atoms with E-state index in [1.165, 1.54) is 5.56 Å². The van der Waals surface area contributed by atoms with Gasteiger partial charge in [-0.2, -0.15) is 0 Å². The molecule has 0 amide bonds. The van der Waals surface area contributed by atoms with Gasteiger partial charge in [-0.05, 0) is 49.5 Å². The van der Waals surface area contributed by atoms with Crippen LogP contribution < -0.4 is 15.8 Å². The van der Waals surface area contributed by atoms with Crippen LogP contribution in [-0.2, 0) is 13.1 Å². The van der Waals surface area contributed by atoms with Gasteiger partial charge in [0.2, 0.25) is 0 Å². The number of rotatable bonds is 6. The van der Waals surface area contributed by atoms with Gasteiger partial charge in [0.1, 0.15) is 5.75 Å². The topological polar surface area (TPSA) is 62.9 Å². The minimum absolute atomic E-state index is 0. The standard InChI is InChI=1S/C18H24N4O.HI/c1-22(2)13-15-6-4-5-14(11-15)12-20-18(19)21-16-7-9-17(23-3)10-8-16;/h4-11H,12-13H2,1-3H3,(H3,19,20,21);1H. The van der Waals surface area contributed by atoms with E-state index in [-0.39, 0.29) is 24.0 Å². The number of benzene rings is 2. The molecule has 0 bridgehead atoms. The number of halogens is 1. The summed E-state index contributed by atoms with van der Waals surface area (Å²) in [5.41, 5.74) is 9.24. The van der Waals surface area contributed by atoms with Gasteiger partial charge in [-0.1, -0.05) is 24.3 Å². The lowest BCUT2D eigenvalue weighted by Gasteiger charge is -2.10. The molecule has 0 aliphatic heterocycles. The Balaban J connectivity index is 0.00000288. The van der Waals surface area contributed by atoms with Gasteiger partial charge in [-0.25, -0.2) is 4.99 Å². The number of nitrogens with two attached hydrogens (primary N) is 1. The van der Waals surface area contributed by atoms with Crippen LogP contribution >= 0.6 is 24.0 Å². The van der Waals surface area contributed by atoms with Crippen molar-refractivity contribution in [2.24, 2.45) is 10.7 Å². The van der Waals surface area contributed by atoms with Crippen LogP contribution in [0.4, 0.5) is 5.69 Å². The molecule has 0 spiro atoms. The average Bonchev–Trinajstić information content (AvgIpc) is 2.53. The fourth-order valence-electron chi connectivity index (χ4n) is 2.23. The lowest BCUT2D eigenvalue weighted by molar-refractivity contribution is 0.402. The molecule has 2 rings (SSSR count). The van der Waals surface area contributed by atoms with E-state index >= 15 is 0 Å². The Bertz CT molecular complexity index is 656. The summed E-state index contributed by atoms with van der Waals surface area (Å²) < 4.78 is 5.13. The number of methoxy groups -OCH3 is 1. The lowest BCUT2D eigenvalue weighted by atomic mass is 10.1. The third-order valence-corrected chi connectivity index (χ3v) is 3.28. The van der Waals surface area contributed by atoms with Crippen LogP contribution in [0, 0.1) is 0 Å². The molecule has 0 radical (unpaired) electrons. The molecule has 0 saturated heterocycles. The second-order valence-corrected chi connectivity index (χ2v) is 5.61. The summed E-state index contributed by atoms with van der Waals surface area (Å²) in [4.78, 5) is 6.53. The van der Waals surface area contributed by atoms with Gasteiger partial charge in [-0.15, -0.1) is 24.0 Å². The SMILES string of the molecule is COc1ccc(NC(N)=NCc2cccc(CN(C)C)c2)cc1.I. The van der Waals surface area contributed by atoms with Gasteiger partial charge in [0.15, 0.2) is 5.96 Å². The number of ether oxygens (including phenoxy) is 1. The van der Waals surface area contributed by atoms with Crippen molar-refractivity contribution >= 4 is 35.6 Å². The molecule has 2 aromatic rings. The van der Waals surface area contributed by atoms with Crippen LogP contribution in [0.5, 0.6) is 5.75 Å². The molecule has 5 nitrogen and oxygen atoms in total. The number of hydrogen-bond acceptors (Lipinski definition) is 3. The zero-order valence-corrected chi connectivity index (χ0v) is 16.7. The fraction of sp³-hybridized carbons (Fsp3) is 0.278. The first kappa shape index (κ1) is 20.2. The highest BCUT2D eigenvalue weighted by atomic mass is 127. The van der Waals surface area contributed by atoms with E-state index in [0.717, 1.165) is 23.5 Å². The molecule has 24 heavy (non-hydrogen) atoms. The first-order chi connectivity index (χ1) is 11.1. The van der Waals surface area contributed by atoms with Crippen LogP contribution in [0.25, 0.3) is 0 Å². The normalized spacial score (nSPS) is 11.1. The second-order valence-electron chi connectivity index (χ2n) is 5.61. The summed E-state index contributed by atoms with van der Waals surface area (Å²) in [5.74, 6) is 1.21. The second kappa shape index (κ2) is 10.1. The minimum atomic E-state index is 0. The Hall–Kier alpha value is -1.80. The Morgan fingerprint density at radius 1 is 1.12 bits per heavy atom. The number of aliphatic imine (C=N–C) groups is 1. The average molecular weight is 440 g/mol. The molecule has 0 aliphatic carbocycles. The third kappa shape index (κ3) is 6.76. The Kier molecular flexibility index (Phi) is 8.56. The molecule has 0 unspecified atom stereocenters. The van der Waals surface area contributed by atoms with E-state index in [1.54, 1.807) is 7.11 Å². The number of nitrogens with zero attached hydrogens (tertiary/aromatic N) is 2. The van der Waals surface area contributed by atoms with Crippen LogP contribution in [0.1, 0.15) is 11.1 Å². The van der Waals surface area contributed by atoms with Crippen LogP contribution in [0.3, 0.4) is 0 Å². The van der Waals surface area contributed by atoms with Gasteiger partial charge >= 0.3 is 0 Å². The summed E-state index contributed by atoms with van der Waals surface area (Å²) in [6, 6.07) is 15.9. The summed E-state index contributed by atoms with van der Waals surface area (Å²) in [6.07, 6.45) is 0. The van der Waals surface area contributed by atoms with E-state index in [0.29, 0.717) is 12.5 Å². The molecule has 0 saturated carbocycles. The maximum atomic E-state index is 5.94. The molecular formula is C18H25IN4O. The third-order valence-electron chi connectivity index (χ3n) is 3.28. The number of nitrogens with one attached hydrogen (secondary N) is 1. The molecule has 0 heterocycles. The van der Waals surface area contributed by atoms with Crippen LogP contribution in [-0.4, -0.2) is 32.1 Å². The Morgan fingerprint density at radius 2 is 1.79 bits per heavy atom. The largest absolute Gasteiger partial charge is 0.497 e. The maximum Gasteiger partial charge on any atom is 0.193 e. The van der Waals surface area contributed by atoms with Crippen molar-refractivity contribution < 1.29 is 4.74 Å². The van der Waals surface area contributed by atoms with Gasteiger partial charge < -0.3 is 20.7 Å². The van der Waals surface area contributed by atoms with Crippen molar-refractivity contribution in [2.75, 3.05) is 26.5 Å². The molecule has 0 atom stereocenters. The monoisotopic (exact) mass is 440 g/mol. The Morgan fingerprint density at radius 3 is 2.42 bits per heavy atom. The molecular weight excluding hydrogens is 415 g/mol. The van der Waals surface area contributed by atoms with Crippen LogP contribution in [0.15, 0.2) is 53.5 Å². The number of guanidine groups is 1. The van der Waals surface area contributed by atoms with Crippen molar-refractivity contribution in [3.8, 4) is 5.75 Å². The minimum Gasteiger partial charge on any atom is -0.497 e. The maximum absolute atomic E-state index is 5.94. The summed E-state index contributed by atoms with van der Waals surface area (Å²) in [5, 5.41) is 3.07. The van der Waals surface area contributed by atoms with Crippen molar-refractivity contribution in [1.82, 2.24) is 4.90 Å². The highest BCUT2D eigenvalue weighted by molar-refractivity contribution is 14.0. The highest BCUT2D eigenvalue weighted by Crippen LogP contribution is 2.14. The molecule has 0 aliphatic rings. The summed E-state index contributed by atoms with van der Waals surface area (Å²) in [7, 11) is 5.76. The van der Waals surface area contributed by atoms with E-state index in [4.69, 9.17) is 10.5 Å². The van der Waals surface area contributed by atoms with Gasteiger partial charge in [-0.3, -0.25) is 0 Å². The molecule has 0 fully saturated rings. The lowest BCUT2D eigenvalue weighted by Crippen LogP contribution is -2.22. The number of hydrogen-bond donors (Lipinski definition) is 2. The molecule has 6 heteroatoms. The summed E-state index contributed by atoms with van der Waals surface area (Å²) in [6.45, 7) is 1.47. The quantitative estimate of drug-likeness (QED) is 0.411. The highest BCUT2D eigenvalue weighted by Gasteiger charge is 1.99. The summed E-state index contributed by atoms with van der Waals surface area (Å²) >= 11 is 0. The smallest absolute Gasteiger partial charge is 0.193 e. The predicted octanol–water partition coefficient (Wildman–Crippen LogP) is 3.30. The molecule has 130 valence electrons. The van der Waals surface area contributed by atoms with Gasteiger partial charge in [0, 0.05) is 12.2 Å². The molecule has 2 aromatic carbocycles.